The summed E-state index contributed by atoms with van der Waals surface area (Å²) in [5.41, 5.74) is 1.28. The molecule has 0 heterocycles. The molecule has 0 amide bonds. The second-order valence-electron chi connectivity index (χ2n) is 6.17. The van der Waals surface area contributed by atoms with Gasteiger partial charge in [-0.05, 0) is 43.0 Å². The molecule has 1 aliphatic rings. The minimum atomic E-state index is 0.687. The fraction of sp³-hybridized carbons (Fsp3) is 0.647. The van der Waals surface area contributed by atoms with E-state index in [1.165, 1.54) is 42.6 Å². The van der Waals surface area contributed by atoms with E-state index in [9.17, 15) is 0 Å². The summed E-state index contributed by atoms with van der Waals surface area (Å²) in [6.07, 6.45) is 6.86. The van der Waals surface area contributed by atoms with E-state index >= 15 is 0 Å². The Bertz CT molecular complexity index is 413. The van der Waals surface area contributed by atoms with Gasteiger partial charge in [0.05, 0.1) is 5.02 Å². The summed E-state index contributed by atoms with van der Waals surface area (Å²) in [6, 6.07) is 6.54. The third kappa shape index (κ3) is 5.31. The summed E-state index contributed by atoms with van der Waals surface area (Å²) in [6.45, 7) is 6.41. The molecule has 0 bridgehead atoms. The molecule has 1 saturated carbocycles. The maximum absolute atomic E-state index is 6.44. The molecular formula is C17H26ClNS. The smallest absolute Gasteiger partial charge is 0.0545 e. The lowest BCUT2D eigenvalue weighted by Crippen LogP contribution is -2.18. The van der Waals surface area contributed by atoms with Crippen LogP contribution in [-0.2, 0) is 6.54 Å². The highest BCUT2D eigenvalue weighted by molar-refractivity contribution is 8.00. The van der Waals surface area contributed by atoms with E-state index in [4.69, 9.17) is 11.6 Å². The standard InChI is InChI=1S/C17H26ClNS/c1-13(2)11-19-12-14-8-9-17(16(18)10-14)20-15-6-4-3-5-7-15/h8-10,13,15,19H,3-7,11-12H2,1-2H3. The van der Waals surface area contributed by atoms with Gasteiger partial charge in [0.15, 0.2) is 0 Å². The zero-order valence-corrected chi connectivity index (χ0v) is 14.2. The average Bonchev–Trinajstić information content (AvgIpc) is 2.42. The highest BCUT2D eigenvalue weighted by atomic mass is 35.5. The van der Waals surface area contributed by atoms with Crippen molar-refractivity contribution in [2.45, 2.75) is 62.6 Å². The van der Waals surface area contributed by atoms with E-state index in [0.29, 0.717) is 5.92 Å². The van der Waals surface area contributed by atoms with Gasteiger partial charge in [-0.15, -0.1) is 11.8 Å². The lowest BCUT2D eigenvalue weighted by atomic mass is 10.0. The number of hydrogen-bond donors (Lipinski definition) is 1. The molecule has 1 aromatic rings. The van der Waals surface area contributed by atoms with Gasteiger partial charge < -0.3 is 5.32 Å². The second kappa shape index (κ2) is 8.31. The largest absolute Gasteiger partial charge is 0.312 e. The van der Waals surface area contributed by atoms with E-state index in [-0.39, 0.29) is 0 Å². The molecule has 0 spiro atoms. The topological polar surface area (TPSA) is 12.0 Å². The predicted molar refractivity (Wildman–Crippen MR) is 90.7 cm³/mol. The van der Waals surface area contributed by atoms with Crippen LogP contribution in [0.2, 0.25) is 5.02 Å². The van der Waals surface area contributed by atoms with Gasteiger partial charge in [-0.25, -0.2) is 0 Å². The molecule has 1 aromatic carbocycles. The van der Waals surface area contributed by atoms with Crippen molar-refractivity contribution < 1.29 is 0 Å². The van der Waals surface area contributed by atoms with Crippen molar-refractivity contribution in [3.63, 3.8) is 0 Å². The maximum Gasteiger partial charge on any atom is 0.0545 e. The van der Waals surface area contributed by atoms with Crippen molar-refractivity contribution in [1.29, 1.82) is 0 Å². The van der Waals surface area contributed by atoms with Crippen molar-refractivity contribution >= 4 is 23.4 Å². The van der Waals surface area contributed by atoms with Crippen LogP contribution in [-0.4, -0.2) is 11.8 Å². The second-order valence-corrected chi connectivity index (χ2v) is 7.92. The molecule has 20 heavy (non-hydrogen) atoms. The Morgan fingerprint density at radius 2 is 2.00 bits per heavy atom. The number of nitrogens with one attached hydrogen (secondary N) is 1. The summed E-state index contributed by atoms with van der Waals surface area (Å²) < 4.78 is 0. The zero-order valence-electron chi connectivity index (χ0n) is 12.6. The third-order valence-corrected chi connectivity index (χ3v) is 5.56. The van der Waals surface area contributed by atoms with Gasteiger partial charge >= 0.3 is 0 Å². The van der Waals surface area contributed by atoms with Crippen molar-refractivity contribution in [3.8, 4) is 0 Å². The molecule has 0 saturated heterocycles. The number of rotatable bonds is 6. The lowest BCUT2D eigenvalue weighted by molar-refractivity contribution is 0.516. The lowest BCUT2D eigenvalue weighted by Gasteiger charge is -2.21. The predicted octanol–water partition coefficient (Wildman–Crippen LogP) is 5.51. The first-order valence-electron chi connectivity index (χ1n) is 7.81. The molecule has 2 rings (SSSR count). The summed E-state index contributed by atoms with van der Waals surface area (Å²) in [7, 11) is 0. The molecular weight excluding hydrogens is 286 g/mol. The molecule has 0 unspecified atom stereocenters. The summed E-state index contributed by atoms with van der Waals surface area (Å²) >= 11 is 8.42. The van der Waals surface area contributed by atoms with E-state index in [1.807, 2.05) is 11.8 Å². The minimum absolute atomic E-state index is 0.687. The molecule has 0 radical (unpaired) electrons. The highest BCUT2D eigenvalue weighted by Crippen LogP contribution is 2.37. The van der Waals surface area contributed by atoms with Gasteiger partial charge in [0, 0.05) is 16.7 Å². The van der Waals surface area contributed by atoms with E-state index < -0.39 is 0 Å². The van der Waals surface area contributed by atoms with E-state index in [2.05, 4.69) is 37.4 Å². The summed E-state index contributed by atoms with van der Waals surface area (Å²) in [5, 5.41) is 5.15. The molecule has 1 aliphatic carbocycles. The molecule has 0 aliphatic heterocycles. The number of halogens is 1. The Hall–Kier alpha value is -0.180. The Labute approximate surface area is 132 Å². The van der Waals surface area contributed by atoms with Crippen molar-refractivity contribution in [3.05, 3.63) is 28.8 Å². The minimum Gasteiger partial charge on any atom is -0.312 e. The van der Waals surface area contributed by atoms with Crippen LogP contribution in [0.5, 0.6) is 0 Å². The van der Waals surface area contributed by atoms with Crippen molar-refractivity contribution in [1.82, 2.24) is 5.32 Å². The van der Waals surface area contributed by atoms with Crippen LogP contribution >= 0.6 is 23.4 Å². The maximum atomic E-state index is 6.44. The van der Waals surface area contributed by atoms with Crippen molar-refractivity contribution in [2.75, 3.05) is 6.54 Å². The van der Waals surface area contributed by atoms with Gasteiger partial charge in [0.1, 0.15) is 0 Å². The Morgan fingerprint density at radius 3 is 2.65 bits per heavy atom. The van der Waals surface area contributed by atoms with Gasteiger partial charge in [-0.2, -0.15) is 0 Å². The molecule has 0 aromatic heterocycles. The van der Waals surface area contributed by atoms with Gasteiger partial charge in [-0.3, -0.25) is 0 Å². The SMILES string of the molecule is CC(C)CNCc1ccc(SC2CCCCC2)c(Cl)c1. The summed E-state index contributed by atoms with van der Waals surface area (Å²) in [4.78, 5) is 1.26. The van der Waals surface area contributed by atoms with Crippen LogP contribution < -0.4 is 5.32 Å². The number of thioether (sulfide) groups is 1. The van der Waals surface area contributed by atoms with Crippen LogP contribution in [0.25, 0.3) is 0 Å². The van der Waals surface area contributed by atoms with Gasteiger partial charge in [0.25, 0.3) is 0 Å². The monoisotopic (exact) mass is 311 g/mol. The van der Waals surface area contributed by atoms with Crippen LogP contribution in [0.3, 0.4) is 0 Å². The first-order valence-corrected chi connectivity index (χ1v) is 9.06. The van der Waals surface area contributed by atoms with Crippen LogP contribution in [0, 0.1) is 5.92 Å². The molecule has 112 valence electrons. The molecule has 1 fully saturated rings. The first kappa shape index (κ1) is 16.2. The normalized spacial score (nSPS) is 16.8. The molecule has 1 N–H and O–H groups in total. The van der Waals surface area contributed by atoms with Gasteiger partial charge in [0.2, 0.25) is 0 Å². The zero-order chi connectivity index (χ0) is 14.4. The Kier molecular flexibility index (Phi) is 6.73. The van der Waals surface area contributed by atoms with Gasteiger partial charge in [-0.1, -0.05) is 50.8 Å². The Balaban J connectivity index is 1.88. The average molecular weight is 312 g/mol. The molecule has 0 atom stereocenters. The highest BCUT2D eigenvalue weighted by Gasteiger charge is 2.16. The van der Waals surface area contributed by atoms with Crippen LogP contribution in [0.4, 0.5) is 0 Å². The quantitative estimate of drug-likeness (QED) is 0.743. The first-order chi connectivity index (χ1) is 9.65. The number of benzene rings is 1. The summed E-state index contributed by atoms with van der Waals surface area (Å²) in [5.74, 6) is 0.687. The third-order valence-electron chi connectivity index (χ3n) is 3.72. The van der Waals surface area contributed by atoms with Crippen LogP contribution in [0.1, 0.15) is 51.5 Å². The fourth-order valence-electron chi connectivity index (χ4n) is 2.62. The van der Waals surface area contributed by atoms with E-state index in [1.54, 1.807) is 0 Å². The van der Waals surface area contributed by atoms with E-state index in [0.717, 1.165) is 23.4 Å². The van der Waals surface area contributed by atoms with Crippen molar-refractivity contribution in [2.24, 2.45) is 5.92 Å². The van der Waals surface area contributed by atoms with Crippen LogP contribution in [0.15, 0.2) is 23.1 Å². The fourth-order valence-corrected chi connectivity index (χ4v) is 4.20. The molecule has 1 nitrogen and oxygen atoms in total. The number of hydrogen-bond acceptors (Lipinski definition) is 2. The Morgan fingerprint density at radius 1 is 1.25 bits per heavy atom. The molecule has 3 heteroatoms.